The van der Waals surface area contributed by atoms with Gasteiger partial charge in [0.1, 0.15) is 0 Å². The standard InChI is InChI=1S/C15H19FN4O2/c1-11(12-3-4-14(22-2)13(16)9-12)19-15(21)18-6-8-20-7-5-17-10-20/h3-5,7,9-11H,6,8H2,1-2H3,(H2,18,19,21)/t11-/m1/s1. The number of carbonyl (C=O) groups excluding carboxylic acids is 1. The van der Waals surface area contributed by atoms with E-state index in [0.717, 1.165) is 0 Å². The van der Waals surface area contributed by atoms with Gasteiger partial charge in [0, 0.05) is 25.5 Å². The molecule has 0 radical (unpaired) electrons. The van der Waals surface area contributed by atoms with E-state index in [2.05, 4.69) is 15.6 Å². The van der Waals surface area contributed by atoms with Crippen molar-refractivity contribution in [1.82, 2.24) is 20.2 Å². The molecule has 22 heavy (non-hydrogen) atoms. The zero-order chi connectivity index (χ0) is 15.9. The number of hydrogen-bond donors (Lipinski definition) is 2. The molecule has 1 aromatic heterocycles. The number of carbonyl (C=O) groups is 1. The molecule has 7 heteroatoms. The van der Waals surface area contributed by atoms with Gasteiger partial charge in [0.25, 0.3) is 0 Å². The molecule has 0 aliphatic carbocycles. The van der Waals surface area contributed by atoms with Crippen LogP contribution >= 0.6 is 0 Å². The number of methoxy groups -OCH3 is 1. The Kier molecular flexibility index (Phi) is 5.35. The number of benzene rings is 1. The second-order valence-electron chi connectivity index (χ2n) is 4.82. The molecule has 2 rings (SSSR count). The Morgan fingerprint density at radius 2 is 2.32 bits per heavy atom. The Labute approximate surface area is 128 Å². The van der Waals surface area contributed by atoms with Crippen LogP contribution in [0.25, 0.3) is 0 Å². The summed E-state index contributed by atoms with van der Waals surface area (Å²) in [4.78, 5) is 15.7. The molecule has 118 valence electrons. The molecule has 0 saturated carbocycles. The molecule has 2 N–H and O–H groups in total. The van der Waals surface area contributed by atoms with Crippen LogP contribution in [-0.4, -0.2) is 29.2 Å². The first kappa shape index (κ1) is 15.8. The van der Waals surface area contributed by atoms with Crippen molar-refractivity contribution in [2.24, 2.45) is 0 Å². The van der Waals surface area contributed by atoms with Crippen molar-refractivity contribution in [3.63, 3.8) is 0 Å². The average molecular weight is 306 g/mol. The molecule has 1 aromatic carbocycles. The smallest absolute Gasteiger partial charge is 0.315 e. The lowest BCUT2D eigenvalue weighted by atomic mass is 10.1. The minimum absolute atomic E-state index is 0.181. The highest BCUT2D eigenvalue weighted by molar-refractivity contribution is 5.74. The summed E-state index contributed by atoms with van der Waals surface area (Å²) in [5.74, 6) is -0.269. The van der Waals surface area contributed by atoms with Gasteiger partial charge in [-0.15, -0.1) is 0 Å². The highest BCUT2D eigenvalue weighted by Crippen LogP contribution is 2.21. The lowest BCUT2D eigenvalue weighted by Crippen LogP contribution is -2.38. The lowest BCUT2D eigenvalue weighted by Gasteiger charge is -2.16. The maximum absolute atomic E-state index is 13.6. The number of hydrogen-bond acceptors (Lipinski definition) is 3. The molecule has 2 amide bonds. The molecule has 0 spiro atoms. The summed E-state index contributed by atoms with van der Waals surface area (Å²) in [7, 11) is 1.41. The van der Waals surface area contributed by atoms with Crippen LogP contribution in [0.4, 0.5) is 9.18 Å². The fourth-order valence-electron chi connectivity index (χ4n) is 2.00. The van der Waals surface area contributed by atoms with Gasteiger partial charge < -0.3 is 19.9 Å². The van der Waals surface area contributed by atoms with Crippen molar-refractivity contribution in [2.75, 3.05) is 13.7 Å². The van der Waals surface area contributed by atoms with Crippen LogP contribution in [0, 0.1) is 5.82 Å². The predicted octanol–water partition coefficient (Wildman–Crippen LogP) is 2.09. The van der Waals surface area contributed by atoms with E-state index in [9.17, 15) is 9.18 Å². The molecule has 0 aliphatic heterocycles. The minimum atomic E-state index is -0.450. The maximum atomic E-state index is 13.6. The monoisotopic (exact) mass is 306 g/mol. The first-order valence-electron chi connectivity index (χ1n) is 6.93. The van der Waals surface area contributed by atoms with Crippen molar-refractivity contribution in [3.05, 3.63) is 48.3 Å². The van der Waals surface area contributed by atoms with Crippen molar-refractivity contribution in [2.45, 2.75) is 19.5 Å². The second-order valence-corrected chi connectivity index (χ2v) is 4.82. The molecule has 0 saturated heterocycles. The van der Waals surface area contributed by atoms with E-state index >= 15 is 0 Å². The summed E-state index contributed by atoms with van der Waals surface area (Å²) in [6.07, 6.45) is 5.19. The van der Waals surface area contributed by atoms with Gasteiger partial charge in [0.05, 0.1) is 19.5 Å². The van der Waals surface area contributed by atoms with Crippen LogP contribution in [0.5, 0.6) is 5.75 Å². The van der Waals surface area contributed by atoms with E-state index < -0.39 is 5.82 Å². The molecule has 0 aliphatic rings. The topological polar surface area (TPSA) is 68.2 Å². The zero-order valence-electron chi connectivity index (χ0n) is 12.5. The number of halogens is 1. The van der Waals surface area contributed by atoms with Gasteiger partial charge in [-0.25, -0.2) is 14.2 Å². The number of urea groups is 1. The van der Waals surface area contributed by atoms with Gasteiger partial charge in [-0.1, -0.05) is 6.07 Å². The number of nitrogens with zero attached hydrogens (tertiary/aromatic N) is 2. The normalized spacial score (nSPS) is 11.8. The van der Waals surface area contributed by atoms with Gasteiger partial charge in [-0.3, -0.25) is 0 Å². The number of rotatable bonds is 6. The molecular weight excluding hydrogens is 287 g/mol. The zero-order valence-corrected chi connectivity index (χ0v) is 12.5. The largest absolute Gasteiger partial charge is 0.494 e. The summed E-state index contributed by atoms with van der Waals surface area (Å²) in [5.41, 5.74) is 0.669. The molecule has 6 nitrogen and oxygen atoms in total. The van der Waals surface area contributed by atoms with Crippen LogP contribution in [0.1, 0.15) is 18.5 Å². The minimum Gasteiger partial charge on any atom is -0.494 e. The predicted molar refractivity (Wildman–Crippen MR) is 80.1 cm³/mol. The number of amides is 2. The van der Waals surface area contributed by atoms with Crippen LogP contribution in [-0.2, 0) is 6.54 Å². The maximum Gasteiger partial charge on any atom is 0.315 e. The van der Waals surface area contributed by atoms with Crippen molar-refractivity contribution < 1.29 is 13.9 Å². The first-order chi connectivity index (χ1) is 10.6. The fourth-order valence-corrected chi connectivity index (χ4v) is 2.00. The van der Waals surface area contributed by atoms with Crippen molar-refractivity contribution in [3.8, 4) is 5.75 Å². The second kappa shape index (κ2) is 7.44. The Balaban J connectivity index is 1.81. The number of nitrogens with one attached hydrogen (secondary N) is 2. The molecule has 2 aromatic rings. The van der Waals surface area contributed by atoms with E-state index in [1.807, 2.05) is 10.8 Å². The molecule has 0 unspecified atom stereocenters. The van der Waals surface area contributed by atoms with E-state index in [1.165, 1.54) is 13.2 Å². The molecule has 1 heterocycles. The highest BCUT2D eigenvalue weighted by atomic mass is 19.1. The summed E-state index contributed by atoms with van der Waals surface area (Å²) in [6, 6.07) is 4.01. The van der Waals surface area contributed by atoms with Gasteiger partial charge in [-0.2, -0.15) is 0 Å². The van der Waals surface area contributed by atoms with Gasteiger partial charge in [-0.05, 0) is 24.6 Å². The van der Waals surface area contributed by atoms with Crippen molar-refractivity contribution >= 4 is 6.03 Å². The number of ether oxygens (including phenoxy) is 1. The molecule has 1 atom stereocenters. The summed E-state index contributed by atoms with van der Waals surface area (Å²) < 4.78 is 20.4. The SMILES string of the molecule is COc1ccc([C@@H](C)NC(=O)NCCn2ccnc2)cc1F. The molecular formula is C15H19FN4O2. The third-order valence-electron chi connectivity index (χ3n) is 3.24. The summed E-state index contributed by atoms with van der Waals surface area (Å²) >= 11 is 0. The van der Waals surface area contributed by atoms with Crippen LogP contribution in [0.2, 0.25) is 0 Å². The van der Waals surface area contributed by atoms with E-state index in [4.69, 9.17) is 4.74 Å². The van der Waals surface area contributed by atoms with E-state index in [0.29, 0.717) is 18.7 Å². The Bertz CT molecular complexity index is 616. The van der Waals surface area contributed by atoms with Crippen molar-refractivity contribution in [1.29, 1.82) is 0 Å². The quantitative estimate of drug-likeness (QED) is 0.858. The average Bonchev–Trinajstić information content (AvgIpc) is 3.00. The van der Waals surface area contributed by atoms with E-state index in [-0.39, 0.29) is 17.8 Å². The van der Waals surface area contributed by atoms with Crippen LogP contribution in [0.15, 0.2) is 36.9 Å². The third kappa shape index (κ3) is 4.21. The summed E-state index contributed by atoms with van der Waals surface area (Å²) in [5, 5.41) is 5.50. The van der Waals surface area contributed by atoms with Crippen LogP contribution in [0.3, 0.4) is 0 Å². The lowest BCUT2D eigenvalue weighted by molar-refractivity contribution is 0.237. The molecule has 0 fully saturated rings. The third-order valence-corrected chi connectivity index (χ3v) is 3.24. The van der Waals surface area contributed by atoms with E-state index in [1.54, 1.807) is 31.6 Å². The van der Waals surface area contributed by atoms with Gasteiger partial charge >= 0.3 is 6.03 Å². The Hall–Kier alpha value is -2.57. The summed E-state index contributed by atoms with van der Waals surface area (Å²) in [6.45, 7) is 2.90. The number of imidazole rings is 1. The fraction of sp³-hybridized carbons (Fsp3) is 0.333. The first-order valence-corrected chi connectivity index (χ1v) is 6.93. The highest BCUT2D eigenvalue weighted by Gasteiger charge is 2.11. The van der Waals surface area contributed by atoms with Crippen LogP contribution < -0.4 is 15.4 Å². The number of aromatic nitrogens is 2. The van der Waals surface area contributed by atoms with Gasteiger partial charge in [0.2, 0.25) is 0 Å². The Morgan fingerprint density at radius 3 is 2.95 bits per heavy atom. The van der Waals surface area contributed by atoms with Gasteiger partial charge in [0.15, 0.2) is 11.6 Å². The molecule has 0 bridgehead atoms. The Morgan fingerprint density at radius 1 is 1.50 bits per heavy atom.